The average molecular weight is 127 g/mol. The maximum Gasteiger partial charge on any atom is 0.187 e. The van der Waals surface area contributed by atoms with Crippen LogP contribution in [0.3, 0.4) is 0 Å². The molecule has 0 spiro atoms. The van der Waals surface area contributed by atoms with Gasteiger partial charge in [-0.25, -0.2) is 0 Å². The van der Waals surface area contributed by atoms with E-state index in [4.69, 9.17) is 0 Å². The lowest BCUT2D eigenvalue weighted by molar-refractivity contribution is 0.865. The first-order valence-electron chi connectivity index (χ1n) is 1.58. The van der Waals surface area contributed by atoms with E-state index in [1.807, 2.05) is 0 Å². The van der Waals surface area contributed by atoms with Crippen LogP contribution in [-0.4, -0.2) is 32.8 Å². The Morgan fingerprint density at radius 1 is 1.00 bits per heavy atom. The Morgan fingerprint density at radius 2 is 1.50 bits per heavy atom. The molecule has 0 N–H and O–H groups in total. The highest BCUT2D eigenvalue weighted by atomic mass is 27.0. The summed E-state index contributed by atoms with van der Waals surface area (Å²) in [6.45, 7) is 0. The lowest BCUT2D eigenvalue weighted by atomic mass is 10.7. The van der Waals surface area contributed by atoms with Crippen LogP contribution in [0.1, 0.15) is 7.43 Å². The number of rotatable bonds is 0. The second-order valence-electron chi connectivity index (χ2n) is 0.811. The van der Waals surface area contributed by atoms with Gasteiger partial charge in [0.05, 0.1) is 12.4 Å². The molecular formula is C4H10AlN3. The second kappa shape index (κ2) is 6.54. The quantitative estimate of drug-likeness (QED) is 0.433. The van der Waals surface area contributed by atoms with Gasteiger partial charge in [0.2, 0.25) is 0 Å². The van der Waals surface area contributed by atoms with Crippen LogP contribution in [0.15, 0.2) is 18.5 Å². The molecule has 4 heteroatoms. The molecule has 8 heavy (non-hydrogen) atoms. The number of hydrogen-bond donors (Lipinski definition) is 0. The van der Waals surface area contributed by atoms with E-state index in [0.29, 0.717) is 0 Å². The molecule has 0 saturated heterocycles. The van der Waals surface area contributed by atoms with Crippen LogP contribution in [0.5, 0.6) is 0 Å². The summed E-state index contributed by atoms with van der Waals surface area (Å²) < 4.78 is 0. The molecule has 1 rings (SSSR count). The maximum atomic E-state index is 3.42. The minimum Gasteiger partial charge on any atom is -0.139 e. The van der Waals surface area contributed by atoms with Gasteiger partial charge in [-0.15, -0.1) is 10.2 Å². The van der Waals surface area contributed by atoms with E-state index in [0.717, 1.165) is 0 Å². The fourth-order valence-electron chi connectivity index (χ4n) is 0.205. The van der Waals surface area contributed by atoms with Gasteiger partial charge in [-0.3, -0.25) is 0 Å². The Labute approximate surface area is 59.3 Å². The summed E-state index contributed by atoms with van der Waals surface area (Å²) in [5, 5.41) is 10.1. The third-order valence-corrected chi connectivity index (χ3v) is 0.409. The van der Waals surface area contributed by atoms with Crippen molar-refractivity contribution < 1.29 is 0 Å². The molecule has 0 aliphatic carbocycles. The summed E-state index contributed by atoms with van der Waals surface area (Å²) in [6, 6.07) is 1.72. The Kier molecular flexibility index (Phi) is 8.59. The first-order valence-corrected chi connectivity index (χ1v) is 1.58. The SMILES string of the molecule is C.[AlH3].c1cnnnc1. The molecule has 0 aliphatic heterocycles. The molecule has 0 fully saturated rings. The molecule has 0 aromatic carbocycles. The lowest BCUT2D eigenvalue weighted by Gasteiger charge is -1.68. The predicted molar refractivity (Wildman–Crippen MR) is 36.5 cm³/mol. The summed E-state index contributed by atoms with van der Waals surface area (Å²) in [4.78, 5) is 0. The monoisotopic (exact) mass is 127 g/mol. The first-order chi connectivity index (χ1) is 3.00. The van der Waals surface area contributed by atoms with Gasteiger partial charge in [0.25, 0.3) is 0 Å². The minimum atomic E-state index is 0. The van der Waals surface area contributed by atoms with Crippen LogP contribution in [0, 0.1) is 0 Å². The molecule has 0 radical (unpaired) electrons. The number of aromatic nitrogens is 3. The van der Waals surface area contributed by atoms with Gasteiger partial charge in [0.15, 0.2) is 17.4 Å². The van der Waals surface area contributed by atoms with E-state index < -0.39 is 0 Å². The first kappa shape index (κ1) is 10.5. The molecule has 0 saturated carbocycles. The van der Waals surface area contributed by atoms with E-state index >= 15 is 0 Å². The van der Waals surface area contributed by atoms with Crippen LogP contribution >= 0.6 is 0 Å². The Bertz CT molecular complexity index is 83.2. The van der Waals surface area contributed by atoms with Crippen LogP contribution in [-0.2, 0) is 0 Å². The Hall–Kier alpha value is -0.458. The standard InChI is InChI=1S/C3H3N3.CH4.Al.3H/c1-2-4-6-5-3-1;;;;;/h1-3H;1H4;;;;. The van der Waals surface area contributed by atoms with Gasteiger partial charge in [-0.2, -0.15) is 0 Å². The lowest BCUT2D eigenvalue weighted by Crippen LogP contribution is -1.78. The van der Waals surface area contributed by atoms with E-state index in [1.54, 1.807) is 18.5 Å². The fourth-order valence-corrected chi connectivity index (χ4v) is 0.205. The largest absolute Gasteiger partial charge is 0.187 e. The average Bonchev–Trinajstić information content (AvgIpc) is 1.72. The molecule has 1 heterocycles. The van der Waals surface area contributed by atoms with Crippen LogP contribution in [0.2, 0.25) is 0 Å². The molecule has 0 bridgehead atoms. The zero-order chi connectivity index (χ0) is 4.24. The summed E-state index contributed by atoms with van der Waals surface area (Å²) in [5.74, 6) is 0. The van der Waals surface area contributed by atoms with Crippen molar-refractivity contribution in [2.45, 2.75) is 7.43 Å². The zero-order valence-electron chi connectivity index (χ0n) is 3.07. The van der Waals surface area contributed by atoms with E-state index in [1.165, 1.54) is 0 Å². The molecule has 1 aromatic heterocycles. The smallest absolute Gasteiger partial charge is 0.139 e. The van der Waals surface area contributed by atoms with Gasteiger partial charge in [-0.05, 0) is 11.3 Å². The van der Waals surface area contributed by atoms with Crippen molar-refractivity contribution in [2.75, 3.05) is 0 Å². The van der Waals surface area contributed by atoms with Gasteiger partial charge < -0.3 is 0 Å². The predicted octanol–water partition coefficient (Wildman–Crippen LogP) is -0.676. The van der Waals surface area contributed by atoms with Gasteiger partial charge in [0, 0.05) is 0 Å². The molecule has 0 atom stereocenters. The van der Waals surface area contributed by atoms with Crippen molar-refractivity contribution in [3.05, 3.63) is 18.5 Å². The normalized spacial score (nSPS) is 6.00. The summed E-state index contributed by atoms with van der Waals surface area (Å²) in [6.07, 6.45) is 3.15. The highest BCUT2D eigenvalue weighted by Gasteiger charge is 1.60. The topological polar surface area (TPSA) is 38.7 Å². The molecule has 0 unspecified atom stereocenters. The van der Waals surface area contributed by atoms with E-state index in [-0.39, 0.29) is 24.8 Å². The maximum absolute atomic E-state index is 3.42. The zero-order valence-corrected chi connectivity index (χ0v) is 3.07. The molecule has 1 aromatic rings. The van der Waals surface area contributed by atoms with Crippen molar-refractivity contribution in [1.82, 2.24) is 15.4 Å². The molecule has 0 aliphatic rings. The Morgan fingerprint density at radius 3 is 1.62 bits per heavy atom. The summed E-state index contributed by atoms with van der Waals surface area (Å²) >= 11 is 0. The summed E-state index contributed by atoms with van der Waals surface area (Å²) in [5.41, 5.74) is 0. The molecule has 3 nitrogen and oxygen atoms in total. The van der Waals surface area contributed by atoms with Crippen LogP contribution in [0.4, 0.5) is 0 Å². The van der Waals surface area contributed by atoms with Crippen LogP contribution in [0.25, 0.3) is 0 Å². The van der Waals surface area contributed by atoms with Crippen molar-refractivity contribution in [1.29, 1.82) is 0 Å². The third-order valence-electron chi connectivity index (χ3n) is 0.409. The second-order valence-corrected chi connectivity index (χ2v) is 0.811. The molecule has 0 amide bonds. The highest BCUT2D eigenvalue weighted by molar-refractivity contribution is 5.75. The van der Waals surface area contributed by atoms with Gasteiger partial charge >= 0.3 is 0 Å². The molecular weight excluding hydrogens is 117 g/mol. The van der Waals surface area contributed by atoms with Gasteiger partial charge in [-0.1, -0.05) is 7.43 Å². The van der Waals surface area contributed by atoms with Gasteiger partial charge in [0.1, 0.15) is 0 Å². The number of nitrogens with zero attached hydrogens (tertiary/aromatic N) is 3. The van der Waals surface area contributed by atoms with Crippen molar-refractivity contribution >= 4 is 17.4 Å². The van der Waals surface area contributed by atoms with Crippen molar-refractivity contribution in [2.24, 2.45) is 0 Å². The third kappa shape index (κ3) is 3.72. The van der Waals surface area contributed by atoms with Crippen LogP contribution < -0.4 is 0 Å². The number of hydrogen-bond acceptors (Lipinski definition) is 3. The van der Waals surface area contributed by atoms with E-state index in [9.17, 15) is 0 Å². The van der Waals surface area contributed by atoms with Crippen molar-refractivity contribution in [3.8, 4) is 0 Å². The molecule has 44 valence electrons. The fraction of sp³-hybridized carbons (Fsp3) is 0.250. The van der Waals surface area contributed by atoms with E-state index in [2.05, 4.69) is 15.4 Å². The Balaban J connectivity index is 0. The summed E-state index contributed by atoms with van der Waals surface area (Å²) in [7, 11) is 0. The highest BCUT2D eigenvalue weighted by Crippen LogP contribution is 1.61. The van der Waals surface area contributed by atoms with Crippen molar-refractivity contribution in [3.63, 3.8) is 0 Å². The minimum absolute atomic E-state index is 0.